The maximum absolute atomic E-state index is 12.4. The standard InChI is InChI=1S/C19H19BrN2O3/c1-25-17-8-3-2-7-16(17)22-12-14(10-18(22)23)19(24)21-11-13-5-4-6-15(20)9-13/h2-9,14H,10-12H2,1H3,(H,21,24). The number of carbonyl (C=O) groups is 2. The Balaban J connectivity index is 1.64. The van der Waals surface area contributed by atoms with Crippen LogP contribution in [0.25, 0.3) is 0 Å². The molecule has 2 amide bonds. The van der Waals surface area contributed by atoms with Crippen LogP contribution in [0.15, 0.2) is 53.0 Å². The minimum Gasteiger partial charge on any atom is -0.495 e. The third kappa shape index (κ3) is 4.02. The lowest BCUT2D eigenvalue weighted by Crippen LogP contribution is -2.32. The second-order valence-electron chi connectivity index (χ2n) is 5.92. The highest BCUT2D eigenvalue weighted by molar-refractivity contribution is 9.10. The van der Waals surface area contributed by atoms with E-state index in [0.29, 0.717) is 24.5 Å². The lowest BCUT2D eigenvalue weighted by molar-refractivity contribution is -0.126. The van der Waals surface area contributed by atoms with Gasteiger partial charge in [-0.3, -0.25) is 9.59 Å². The minimum absolute atomic E-state index is 0.0629. The van der Waals surface area contributed by atoms with Gasteiger partial charge in [-0.2, -0.15) is 0 Å². The molecule has 0 bridgehead atoms. The summed E-state index contributed by atoms with van der Waals surface area (Å²) in [7, 11) is 1.57. The fourth-order valence-corrected chi connectivity index (χ4v) is 3.40. The normalized spacial score (nSPS) is 16.8. The zero-order chi connectivity index (χ0) is 17.8. The first-order valence-electron chi connectivity index (χ1n) is 8.04. The Hall–Kier alpha value is -2.34. The van der Waals surface area contributed by atoms with Gasteiger partial charge >= 0.3 is 0 Å². The van der Waals surface area contributed by atoms with Gasteiger partial charge in [0.05, 0.1) is 18.7 Å². The third-order valence-electron chi connectivity index (χ3n) is 4.23. The van der Waals surface area contributed by atoms with E-state index >= 15 is 0 Å². The average Bonchev–Trinajstić information content (AvgIpc) is 3.01. The van der Waals surface area contributed by atoms with E-state index in [0.717, 1.165) is 10.0 Å². The molecule has 25 heavy (non-hydrogen) atoms. The highest BCUT2D eigenvalue weighted by atomic mass is 79.9. The van der Waals surface area contributed by atoms with Gasteiger partial charge in [0.1, 0.15) is 5.75 Å². The molecule has 2 aromatic rings. The van der Waals surface area contributed by atoms with Crippen molar-refractivity contribution < 1.29 is 14.3 Å². The molecular formula is C19H19BrN2O3. The van der Waals surface area contributed by atoms with Gasteiger partial charge in [-0.05, 0) is 29.8 Å². The van der Waals surface area contributed by atoms with E-state index in [1.54, 1.807) is 12.0 Å². The molecule has 0 aliphatic carbocycles. The van der Waals surface area contributed by atoms with E-state index in [1.165, 1.54) is 0 Å². The smallest absolute Gasteiger partial charge is 0.227 e. The second-order valence-corrected chi connectivity index (χ2v) is 6.84. The molecule has 1 aliphatic rings. The number of nitrogens with zero attached hydrogens (tertiary/aromatic N) is 1. The quantitative estimate of drug-likeness (QED) is 0.835. The molecular weight excluding hydrogens is 384 g/mol. The Labute approximate surface area is 155 Å². The molecule has 2 aromatic carbocycles. The van der Waals surface area contributed by atoms with E-state index in [1.807, 2.05) is 48.5 Å². The van der Waals surface area contributed by atoms with Crippen LogP contribution in [-0.4, -0.2) is 25.5 Å². The molecule has 1 unspecified atom stereocenters. The Kier molecular flexibility index (Phi) is 5.38. The van der Waals surface area contributed by atoms with Gasteiger partial charge in [-0.15, -0.1) is 0 Å². The third-order valence-corrected chi connectivity index (χ3v) is 4.72. The summed E-state index contributed by atoms with van der Waals surface area (Å²) in [6.07, 6.45) is 0.211. The fourth-order valence-electron chi connectivity index (χ4n) is 2.95. The number of carbonyl (C=O) groups excluding carboxylic acids is 2. The number of anilines is 1. The largest absolute Gasteiger partial charge is 0.495 e. The monoisotopic (exact) mass is 402 g/mol. The van der Waals surface area contributed by atoms with Crippen LogP contribution < -0.4 is 15.0 Å². The van der Waals surface area contributed by atoms with Crippen LogP contribution in [0, 0.1) is 5.92 Å². The molecule has 1 N–H and O–H groups in total. The molecule has 1 fully saturated rings. The maximum atomic E-state index is 12.4. The summed E-state index contributed by atoms with van der Waals surface area (Å²) in [6.45, 7) is 0.807. The van der Waals surface area contributed by atoms with Crippen molar-refractivity contribution in [1.29, 1.82) is 0 Å². The number of methoxy groups -OCH3 is 1. The molecule has 1 saturated heterocycles. The van der Waals surface area contributed by atoms with E-state index < -0.39 is 0 Å². The van der Waals surface area contributed by atoms with Crippen molar-refractivity contribution in [3.05, 3.63) is 58.6 Å². The van der Waals surface area contributed by atoms with Crippen LogP contribution in [0.3, 0.4) is 0 Å². The zero-order valence-electron chi connectivity index (χ0n) is 13.9. The van der Waals surface area contributed by atoms with Crippen molar-refractivity contribution in [3.8, 4) is 5.75 Å². The van der Waals surface area contributed by atoms with Crippen LogP contribution >= 0.6 is 15.9 Å². The molecule has 3 rings (SSSR count). The Morgan fingerprint density at radius 1 is 1.28 bits per heavy atom. The molecule has 0 aromatic heterocycles. The molecule has 1 heterocycles. The Morgan fingerprint density at radius 2 is 2.08 bits per heavy atom. The van der Waals surface area contributed by atoms with Crippen molar-refractivity contribution in [2.24, 2.45) is 5.92 Å². The van der Waals surface area contributed by atoms with Crippen molar-refractivity contribution in [2.45, 2.75) is 13.0 Å². The van der Waals surface area contributed by atoms with Crippen LogP contribution in [0.2, 0.25) is 0 Å². The van der Waals surface area contributed by atoms with Gasteiger partial charge in [0.15, 0.2) is 0 Å². The number of rotatable bonds is 5. The molecule has 0 radical (unpaired) electrons. The van der Waals surface area contributed by atoms with Crippen LogP contribution in [0.4, 0.5) is 5.69 Å². The van der Waals surface area contributed by atoms with E-state index in [4.69, 9.17) is 4.74 Å². The average molecular weight is 403 g/mol. The predicted octanol–water partition coefficient (Wildman–Crippen LogP) is 3.13. The highest BCUT2D eigenvalue weighted by Crippen LogP contribution is 2.32. The van der Waals surface area contributed by atoms with Crippen molar-refractivity contribution in [3.63, 3.8) is 0 Å². The lowest BCUT2D eigenvalue weighted by Gasteiger charge is -2.19. The number of nitrogens with one attached hydrogen (secondary N) is 1. The van der Waals surface area contributed by atoms with Crippen LogP contribution in [-0.2, 0) is 16.1 Å². The Bertz CT molecular complexity index is 794. The first-order valence-corrected chi connectivity index (χ1v) is 8.83. The van der Waals surface area contributed by atoms with E-state index in [9.17, 15) is 9.59 Å². The number of hydrogen-bond acceptors (Lipinski definition) is 3. The summed E-state index contributed by atoms with van der Waals surface area (Å²) in [5.74, 6) is 0.105. The number of amides is 2. The summed E-state index contributed by atoms with van der Waals surface area (Å²) in [5.41, 5.74) is 1.71. The number of benzene rings is 2. The maximum Gasteiger partial charge on any atom is 0.227 e. The molecule has 1 aliphatic heterocycles. The van der Waals surface area contributed by atoms with Crippen molar-refractivity contribution in [2.75, 3.05) is 18.6 Å². The van der Waals surface area contributed by atoms with Gasteiger partial charge in [0, 0.05) is 24.0 Å². The number of ether oxygens (including phenoxy) is 1. The second kappa shape index (κ2) is 7.70. The number of halogens is 1. The first kappa shape index (κ1) is 17.5. The summed E-state index contributed by atoms with van der Waals surface area (Å²) < 4.78 is 6.29. The van der Waals surface area contributed by atoms with Gasteiger partial charge in [0.25, 0.3) is 0 Å². The topological polar surface area (TPSA) is 58.6 Å². The number of para-hydroxylation sites is 2. The van der Waals surface area contributed by atoms with Crippen molar-refractivity contribution in [1.82, 2.24) is 5.32 Å². The molecule has 0 saturated carbocycles. The van der Waals surface area contributed by atoms with Gasteiger partial charge in [0.2, 0.25) is 11.8 Å². The molecule has 130 valence electrons. The SMILES string of the molecule is COc1ccccc1N1CC(C(=O)NCc2cccc(Br)c2)CC1=O. The summed E-state index contributed by atoms with van der Waals surface area (Å²) in [6, 6.07) is 15.1. The summed E-state index contributed by atoms with van der Waals surface area (Å²) in [5, 5.41) is 2.92. The highest BCUT2D eigenvalue weighted by Gasteiger charge is 2.36. The van der Waals surface area contributed by atoms with Crippen molar-refractivity contribution >= 4 is 33.4 Å². The minimum atomic E-state index is -0.357. The van der Waals surface area contributed by atoms with Crippen LogP contribution in [0.1, 0.15) is 12.0 Å². The van der Waals surface area contributed by atoms with E-state index in [-0.39, 0.29) is 24.2 Å². The first-order chi connectivity index (χ1) is 12.1. The number of hydrogen-bond donors (Lipinski definition) is 1. The zero-order valence-corrected chi connectivity index (χ0v) is 15.5. The van der Waals surface area contributed by atoms with Gasteiger partial charge < -0.3 is 15.0 Å². The fraction of sp³-hybridized carbons (Fsp3) is 0.263. The van der Waals surface area contributed by atoms with Gasteiger partial charge in [-0.1, -0.05) is 40.2 Å². The summed E-state index contributed by atoms with van der Waals surface area (Å²) >= 11 is 3.41. The lowest BCUT2D eigenvalue weighted by atomic mass is 10.1. The van der Waals surface area contributed by atoms with Gasteiger partial charge in [-0.25, -0.2) is 0 Å². The molecule has 0 spiro atoms. The van der Waals surface area contributed by atoms with Crippen LogP contribution in [0.5, 0.6) is 5.75 Å². The molecule has 1 atom stereocenters. The molecule has 5 nitrogen and oxygen atoms in total. The van der Waals surface area contributed by atoms with E-state index in [2.05, 4.69) is 21.2 Å². The predicted molar refractivity (Wildman–Crippen MR) is 99.4 cm³/mol. The Morgan fingerprint density at radius 3 is 2.84 bits per heavy atom. The summed E-state index contributed by atoms with van der Waals surface area (Å²) in [4.78, 5) is 26.4. The molecule has 6 heteroatoms.